The smallest absolute Gasteiger partial charge is 0.321 e. The van der Waals surface area contributed by atoms with Crippen molar-refractivity contribution in [3.8, 4) is 0 Å². The van der Waals surface area contributed by atoms with E-state index in [-0.39, 0.29) is 18.5 Å². The van der Waals surface area contributed by atoms with Crippen molar-refractivity contribution in [1.29, 1.82) is 0 Å². The van der Waals surface area contributed by atoms with E-state index in [2.05, 4.69) is 27.8 Å². The number of rotatable bonds is 7. The van der Waals surface area contributed by atoms with Gasteiger partial charge in [0.2, 0.25) is 5.91 Å². The van der Waals surface area contributed by atoms with Crippen LogP contribution in [0.2, 0.25) is 0 Å². The Balaban J connectivity index is 2.26. The quantitative estimate of drug-likeness (QED) is 0.582. The summed E-state index contributed by atoms with van der Waals surface area (Å²) in [5.74, 6) is -0.234. The molecule has 3 amide bonds. The molecule has 0 aromatic heterocycles. The molecule has 0 aromatic rings. The van der Waals surface area contributed by atoms with Gasteiger partial charge in [-0.1, -0.05) is 20.3 Å². The standard InChI is InChI=1S/C13H26N4O2/c1-3-5-7-15-13(19)16-12(18)10-17(4-2)11-6-8-14-9-11/h11,14H,3-10H2,1-2H3,(H2,15,16,18,19). The number of imide groups is 1. The van der Waals surface area contributed by atoms with E-state index in [1.807, 2.05) is 6.92 Å². The minimum atomic E-state index is -0.390. The topological polar surface area (TPSA) is 73.5 Å². The van der Waals surface area contributed by atoms with E-state index in [1.165, 1.54) is 0 Å². The number of hydrogen-bond acceptors (Lipinski definition) is 4. The molecule has 19 heavy (non-hydrogen) atoms. The molecular formula is C13H26N4O2. The largest absolute Gasteiger partial charge is 0.338 e. The predicted octanol–water partition coefficient (Wildman–Crippen LogP) is 0.296. The number of hydrogen-bond donors (Lipinski definition) is 3. The molecule has 0 saturated carbocycles. The number of unbranched alkanes of at least 4 members (excludes halogenated alkanes) is 1. The van der Waals surface area contributed by atoms with Crippen molar-refractivity contribution >= 4 is 11.9 Å². The molecule has 1 rings (SSSR count). The van der Waals surface area contributed by atoms with E-state index in [0.717, 1.165) is 38.9 Å². The highest BCUT2D eigenvalue weighted by molar-refractivity contribution is 5.95. The minimum Gasteiger partial charge on any atom is -0.338 e. The predicted molar refractivity (Wildman–Crippen MR) is 75.0 cm³/mol. The van der Waals surface area contributed by atoms with Crippen LogP contribution in [0.4, 0.5) is 4.79 Å². The molecule has 6 nitrogen and oxygen atoms in total. The van der Waals surface area contributed by atoms with Gasteiger partial charge >= 0.3 is 6.03 Å². The van der Waals surface area contributed by atoms with Gasteiger partial charge in [0.25, 0.3) is 0 Å². The van der Waals surface area contributed by atoms with Crippen molar-refractivity contribution in [1.82, 2.24) is 20.9 Å². The molecule has 1 aliphatic rings. The maximum Gasteiger partial charge on any atom is 0.321 e. The van der Waals surface area contributed by atoms with Crippen molar-refractivity contribution in [2.24, 2.45) is 0 Å². The summed E-state index contributed by atoms with van der Waals surface area (Å²) in [7, 11) is 0. The lowest BCUT2D eigenvalue weighted by molar-refractivity contribution is -0.121. The number of carbonyl (C=O) groups excluding carboxylic acids is 2. The monoisotopic (exact) mass is 270 g/mol. The van der Waals surface area contributed by atoms with Gasteiger partial charge < -0.3 is 10.6 Å². The Morgan fingerprint density at radius 1 is 1.37 bits per heavy atom. The Morgan fingerprint density at radius 2 is 2.16 bits per heavy atom. The molecule has 0 radical (unpaired) electrons. The highest BCUT2D eigenvalue weighted by Gasteiger charge is 2.23. The zero-order valence-electron chi connectivity index (χ0n) is 12.0. The molecule has 110 valence electrons. The van der Waals surface area contributed by atoms with Crippen molar-refractivity contribution in [3.05, 3.63) is 0 Å². The second-order valence-electron chi connectivity index (χ2n) is 4.87. The van der Waals surface area contributed by atoms with Gasteiger partial charge in [0.1, 0.15) is 0 Å². The van der Waals surface area contributed by atoms with Crippen LogP contribution in [-0.4, -0.2) is 55.6 Å². The van der Waals surface area contributed by atoms with Crippen LogP contribution in [0.15, 0.2) is 0 Å². The van der Waals surface area contributed by atoms with Gasteiger partial charge in [0.15, 0.2) is 0 Å². The maximum absolute atomic E-state index is 11.8. The van der Waals surface area contributed by atoms with Crippen molar-refractivity contribution in [3.63, 3.8) is 0 Å². The Bertz CT molecular complexity index is 290. The lowest BCUT2D eigenvalue weighted by Gasteiger charge is -2.25. The highest BCUT2D eigenvalue weighted by atomic mass is 16.2. The van der Waals surface area contributed by atoms with E-state index in [4.69, 9.17) is 0 Å². The molecule has 3 N–H and O–H groups in total. The van der Waals surface area contributed by atoms with Gasteiger partial charge in [-0.2, -0.15) is 0 Å². The van der Waals surface area contributed by atoms with Gasteiger partial charge in [0, 0.05) is 19.1 Å². The Morgan fingerprint density at radius 3 is 2.74 bits per heavy atom. The molecule has 6 heteroatoms. The van der Waals surface area contributed by atoms with Crippen molar-refractivity contribution in [2.75, 3.05) is 32.7 Å². The fourth-order valence-corrected chi connectivity index (χ4v) is 2.22. The summed E-state index contributed by atoms with van der Waals surface area (Å²) in [5, 5.41) is 8.33. The van der Waals surface area contributed by atoms with E-state index in [1.54, 1.807) is 0 Å². The number of nitrogens with zero attached hydrogens (tertiary/aromatic N) is 1. The molecule has 1 aliphatic heterocycles. The number of nitrogens with one attached hydrogen (secondary N) is 3. The lowest BCUT2D eigenvalue weighted by Crippen LogP contribution is -2.47. The highest BCUT2D eigenvalue weighted by Crippen LogP contribution is 2.07. The van der Waals surface area contributed by atoms with Crippen LogP contribution in [-0.2, 0) is 4.79 Å². The molecular weight excluding hydrogens is 244 g/mol. The first-order chi connectivity index (χ1) is 9.17. The lowest BCUT2D eigenvalue weighted by atomic mass is 10.2. The third-order valence-corrected chi connectivity index (χ3v) is 3.37. The molecule has 1 unspecified atom stereocenters. The van der Waals surface area contributed by atoms with Gasteiger partial charge in [-0.05, 0) is 25.9 Å². The third kappa shape index (κ3) is 6.02. The molecule has 0 bridgehead atoms. The van der Waals surface area contributed by atoms with Crippen molar-refractivity contribution < 1.29 is 9.59 Å². The third-order valence-electron chi connectivity index (χ3n) is 3.37. The molecule has 0 spiro atoms. The van der Waals surface area contributed by atoms with Crippen LogP contribution in [0.3, 0.4) is 0 Å². The zero-order chi connectivity index (χ0) is 14.1. The summed E-state index contributed by atoms with van der Waals surface area (Å²) in [4.78, 5) is 25.3. The molecule has 0 aromatic carbocycles. The average molecular weight is 270 g/mol. The summed E-state index contributed by atoms with van der Waals surface area (Å²) >= 11 is 0. The Hall–Kier alpha value is -1.14. The Labute approximate surface area is 115 Å². The molecule has 1 fully saturated rings. The fourth-order valence-electron chi connectivity index (χ4n) is 2.22. The molecule has 1 atom stereocenters. The second-order valence-corrected chi connectivity index (χ2v) is 4.87. The Kier molecular flexibility index (Phi) is 7.43. The van der Waals surface area contributed by atoms with Crippen LogP contribution in [0.1, 0.15) is 33.1 Å². The van der Waals surface area contributed by atoms with E-state index in [0.29, 0.717) is 12.6 Å². The molecule has 1 heterocycles. The fraction of sp³-hybridized carbons (Fsp3) is 0.846. The first kappa shape index (κ1) is 15.9. The van der Waals surface area contributed by atoms with Crippen LogP contribution in [0.25, 0.3) is 0 Å². The normalized spacial score (nSPS) is 18.6. The van der Waals surface area contributed by atoms with E-state index in [9.17, 15) is 9.59 Å². The van der Waals surface area contributed by atoms with Gasteiger partial charge in [-0.15, -0.1) is 0 Å². The van der Waals surface area contributed by atoms with E-state index < -0.39 is 0 Å². The number of amides is 3. The second kappa shape index (κ2) is 8.87. The summed E-state index contributed by atoms with van der Waals surface area (Å²) in [6, 6.07) is 0.0120. The number of likely N-dealkylation sites (N-methyl/N-ethyl adjacent to an activating group) is 1. The van der Waals surface area contributed by atoms with Crippen LogP contribution >= 0.6 is 0 Å². The summed E-state index contributed by atoms with van der Waals surface area (Å²) in [6.45, 7) is 7.72. The summed E-state index contributed by atoms with van der Waals surface area (Å²) in [6.07, 6.45) is 3.01. The van der Waals surface area contributed by atoms with Gasteiger partial charge in [-0.25, -0.2) is 4.79 Å². The van der Waals surface area contributed by atoms with Crippen LogP contribution in [0, 0.1) is 0 Å². The average Bonchev–Trinajstić information content (AvgIpc) is 2.90. The summed E-state index contributed by atoms with van der Waals surface area (Å²) < 4.78 is 0. The van der Waals surface area contributed by atoms with Crippen molar-refractivity contribution in [2.45, 2.75) is 39.2 Å². The SMILES string of the molecule is CCCCNC(=O)NC(=O)CN(CC)C1CCNC1. The van der Waals surface area contributed by atoms with Crippen LogP contribution < -0.4 is 16.0 Å². The van der Waals surface area contributed by atoms with Gasteiger partial charge in [-0.3, -0.25) is 15.0 Å². The zero-order valence-corrected chi connectivity index (χ0v) is 12.0. The molecule has 0 aliphatic carbocycles. The van der Waals surface area contributed by atoms with Gasteiger partial charge in [0.05, 0.1) is 6.54 Å². The molecule has 1 saturated heterocycles. The summed E-state index contributed by atoms with van der Waals surface area (Å²) in [5.41, 5.74) is 0. The number of urea groups is 1. The maximum atomic E-state index is 11.8. The first-order valence-electron chi connectivity index (χ1n) is 7.19. The van der Waals surface area contributed by atoms with E-state index >= 15 is 0 Å². The first-order valence-corrected chi connectivity index (χ1v) is 7.19. The number of carbonyl (C=O) groups is 2. The van der Waals surface area contributed by atoms with Crippen LogP contribution in [0.5, 0.6) is 0 Å². The minimum absolute atomic E-state index is 0.234.